The number of nitroso groups, excluding NO2 is 1. The third-order valence-electron chi connectivity index (χ3n) is 2.68. The molecule has 4 nitrogen and oxygen atoms in total. The molecule has 0 radical (unpaired) electrons. The van der Waals surface area contributed by atoms with Gasteiger partial charge in [0.05, 0.1) is 11.3 Å². The van der Waals surface area contributed by atoms with E-state index in [9.17, 15) is 4.91 Å². The van der Waals surface area contributed by atoms with Crippen LogP contribution in [0.5, 0.6) is 0 Å². The van der Waals surface area contributed by atoms with Gasteiger partial charge in [0.1, 0.15) is 7.05 Å². The van der Waals surface area contributed by atoms with E-state index in [1.807, 2.05) is 36.1 Å². The molecule has 0 saturated carbocycles. The van der Waals surface area contributed by atoms with Crippen LogP contribution in [0.3, 0.4) is 0 Å². The molecule has 2 rings (SSSR count). The van der Waals surface area contributed by atoms with Crippen LogP contribution in [0.25, 0.3) is 0 Å². The van der Waals surface area contributed by atoms with Gasteiger partial charge in [0.15, 0.2) is 12.4 Å². The molecule has 0 spiro atoms. The molecule has 0 aliphatic carbocycles. The van der Waals surface area contributed by atoms with Gasteiger partial charge in [-0.15, -0.1) is 4.91 Å². The van der Waals surface area contributed by atoms with Crippen LogP contribution in [-0.4, -0.2) is 11.6 Å². The Balaban J connectivity index is 2.25. The summed E-state index contributed by atoms with van der Waals surface area (Å²) in [6.45, 7) is 0.784. The largest absolute Gasteiger partial charge is 0.253 e. The van der Waals surface area contributed by atoms with Crippen molar-refractivity contribution >= 4 is 0 Å². The molecule has 1 aliphatic heterocycles. The third kappa shape index (κ3) is 1.60. The number of aromatic nitrogens is 1. The fourth-order valence-electron chi connectivity index (χ4n) is 2.00. The van der Waals surface area contributed by atoms with E-state index in [1.165, 1.54) is 5.56 Å². The van der Waals surface area contributed by atoms with Gasteiger partial charge in [0, 0.05) is 18.2 Å². The summed E-state index contributed by atoms with van der Waals surface area (Å²) in [5, 5.41) is 4.68. The van der Waals surface area contributed by atoms with Crippen molar-refractivity contribution in [2.75, 3.05) is 6.54 Å². The lowest BCUT2D eigenvalue weighted by Gasteiger charge is -2.16. The molecule has 1 fully saturated rings. The predicted octanol–water partition coefficient (Wildman–Crippen LogP) is 1.33. The Hall–Kier alpha value is -1.45. The Morgan fingerprint density at radius 1 is 1.64 bits per heavy atom. The second kappa shape index (κ2) is 3.74. The molecule has 0 amide bonds. The van der Waals surface area contributed by atoms with Crippen LogP contribution in [0.15, 0.2) is 29.8 Å². The molecule has 1 saturated heterocycles. The maximum Gasteiger partial charge on any atom is 0.173 e. The third-order valence-corrected chi connectivity index (χ3v) is 2.68. The zero-order valence-corrected chi connectivity index (χ0v) is 8.26. The number of rotatable bonds is 2. The molecule has 1 aromatic rings. The molecule has 1 unspecified atom stereocenters. The van der Waals surface area contributed by atoms with Crippen molar-refractivity contribution in [3.8, 4) is 0 Å². The molecule has 1 aromatic heterocycles. The van der Waals surface area contributed by atoms with Gasteiger partial charge >= 0.3 is 0 Å². The van der Waals surface area contributed by atoms with Gasteiger partial charge < -0.3 is 0 Å². The maximum absolute atomic E-state index is 10.5. The number of nitrogens with zero attached hydrogens (tertiary/aromatic N) is 3. The SMILES string of the molecule is C[n+]1cccc(C2CCCN2N=O)c1. The van der Waals surface area contributed by atoms with Crippen molar-refractivity contribution in [1.29, 1.82) is 0 Å². The van der Waals surface area contributed by atoms with Crippen molar-refractivity contribution in [3.05, 3.63) is 35.0 Å². The molecule has 1 aliphatic rings. The van der Waals surface area contributed by atoms with Crippen molar-refractivity contribution in [2.24, 2.45) is 12.3 Å². The van der Waals surface area contributed by atoms with Gasteiger partial charge in [0.2, 0.25) is 0 Å². The quantitative estimate of drug-likeness (QED) is 0.523. The monoisotopic (exact) mass is 192 g/mol. The van der Waals surface area contributed by atoms with E-state index in [4.69, 9.17) is 0 Å². The standard InChI is InChI=1S/C10H14N3O/c1-12-6-2-4-9(8-12)10-5-3-7-13(10)11-14/h2,4,6,8,10H,3,5,7H2,1H3/q+1. The van der Waals surface area contributed by atoms with Gasteiger partial charge in [-0.05, 0) is 18.9 Å². The fourth-order valence-corrected chi connectivity index (χ4v) is 2.00. The topological polar surface area (TPSA) is 36.5 Å². The lowest BCUT2D eigenvalue weighted by atomic mass is 10.1. The Morgan fingerprint density at radius 2 is 2.50 bits per heavy atom. The Kier molecular flexibility index (Phi) is 2.43. The van der Waals surface area contributed by atoms with E-state index >= 15 is 0 Å². The van der Waals surface area contributed by atoms with Crippen LogP contribution in [0, 0.1) is 4.91 Å². The van der Waals surface area contributed by atoms with Crippen LogP contribution in [0.2, 0.25) is 0 Å². The number of hydrogen-bond acceptors (Lipinski definition) is 2. The lowest BCUT2D eigenvalue weighted by molar-refractivity contribution is -0.672. The van der Waals surface area contributed by atoms with Gasteiger partial charge in [-0.3, -0.25) is 5.01 Å². The van der Waals surface area contributed by atoms with Crippen LogP contribution >= 0.6 is 0 Å². The average molecular weight is 192 g/mol. The first kappa shape index (κ1) is 9.12. The minimum Gasteiger partial charge on any atom is -0.253 e. The summed E-state index contributed by atoms with van der Waals surface area (Å²) in [6, 6.07) is 4.23. The zero-order chi connectivity index (χ0) is 9.97. The molecule has 0 bridgehead atoms. The van der Waals surface area contributed by atoms with Crippen LogP contribution in [-0.2, 0) is 7.05 Å². The predicted molar refractivity (Wildman–Crippen MR) is 52.1 cm³/mol. The van der Waals surface area contributed by atoms with Crippen molar-refractivity contribution in [1.82, 2.24) is 5.01 Å². The highest BCUT2D eigenvalue weighted by Gasteiger charge is 2.27. The molecule has 1 atom stereocenters. The highest BCUT2D eigenvalue weighted by Crippen LogP contribution is 2.30. The Morgan fingerprint density at radius 3 is 3.21 bits per heavy atom. The van der Waals surface area contributed by atoms with E-state index in [1.54, 1.807) is 5.01 Å². The van der Waals surface area contributed by atoms with Crippen molar-refractivity contribution in [2.45, 2.75) is 18.9 Å². The van der Waals surface area contributed by atoms with Gasteiger partial charge in [-0.2, -0.15) is 0 Å². The average Bonchev–Trinajstić information content (AvgIpc) is 2.65. The van der Waals surface area contributed by atoms with Gasteiger partial charge in [0.25, 0.3) is 0 Å². The van der Waals surface area contributed by atoms with E-state index in [-0.39, 0.29) is 6.04 Å². The molecule has 74 valence electrons. The summed E-state index contributed by atoms with van der Waals surface area (Å²) >= 11 is 0. The first-order valence-corrected chi connectivity index (χ1v) is 4.86. The van der Waals surface area contributed by atoms with Gasteiger partial charge in [-0.1, -0.05) is 0 Å². The summed E-state index contributed by atoms with van der Waals surface area (Å²) in [7, 11) is 1.98. The summed E-state index contributed by atoms with van der Waals surface area (Å²) in [5.41, 5.74) is 1.17. The zero-order valence-electron chi connectivity index (χ0n) is 8.26. The second-order valence-electron chi connectivity index (χ2n) is 3.71. The highest BCUT2D eigenvalue weighted by molar-refractivity contribution is 5.12. The first-order valence-electron chi connectivity index (χ1n) is 4.86. The molecule has 2 heterocycles. The van der Waals surface area contributed by atoms with Crippen molar-refractivity contribution in [3.63, 3.8) is 0 Å². The normalized spacial score (nSPS) is 21.2. The number of pyridine rings is 1. The summed E-state index contributed by atoms with van der Waals surface area (Å²) < 4.78 is 2.00. The summed E-state index contributed by atoms with van der Waals surface area (Å²) in [4.78, 5) is 10.5. The van der Waals surface area contributed by atoms with Gasteiger partial charge in [-0.25, -0.2) is 4.57 Å². The minimum atomic E-state index is 0.180. The molecular formula is C10H14N3O+. The number of aryl methyl sites for hydroxylation is 1. The first-order chi connectivity index (χ1) is 6.81. The summed E-state index contributed by atoms with van der Waals surface area (Å²) in [5.74, 6) is 0. The molecule has 0 aromatic carbocycles. The Labute approximate surface area is 83.1 Å². The minimum absolute atomic E-state index is 0.180. The fraction of sp³-hybridized carbons (Fsp3) is 0.500. The molecule has 14 heavy (non-hydrogen) atoms. The molecule has 4 heteroatoms. The van der Waals surface area contributed by atoms with Crippen LogP contribution in [0.1, 0.15) is 24.4 Å². The lowest BCUT2D eigenvalue weighted by Crippen LogP contribution is -2.28. The van der Waals surface area contributed by atoms with Crippen LogP contribution < -0.4 is 4.57 Å². The molecular weight excluding hydrogens is 178 g/mol. The summed E-state index contributed by atoms with van der Waals surface area (Å²) in [6.07, 6.45) is 6.11. The van der Waals surface area contributed by atoms with E-state index in [0.717, 1.165) is 19.4 Å². The smallest absolute Gasteiger partial charge is 0.173 e. The molecule has 0 N–H and O–H groups in total. The van der Waals surface area contributed by atoms with Crippen LogP contribution in [0.4, 0.5) is 0 Å². The van der Waals surface area contributed by atoms with Crippen molar-refractivity contribution < 1.29 is 4.57 Å². The Bertz CT molecular complexity index is 340. The van der Waals surface area contributed by atoms with E-state index in [2.05, 4.69) is 5.29 Å². The maximum atomic E-state index is 10.5. The second-order valence-corrected chi connectivity index (χ2v) is 3.71. The van der Waals surface area contributed by atoms with E-state index < -0.39 is 0 Å². The van der Waals surface area contributed by atoms with E-state index in [0.29, 0.717) is 0 Å². The number of hydrogen-bond donors (Lipinski definition) is 0. The highest BCUT2D eigenvalue weighted by atomic mass is 16.3.